The van der Waals surface area contributed by atoms with Crippen molar-refractivity contribution < 1.29 is 18.0 Å². The molecule has 168 valence electrons. The smallest absolute Gasteiger partial charge is 0.244 e. The largest absolute Gasteiger partial charge is 0.357 e. The quantitative estimate of drug-likeness (QED) is 0.456. The standard InChI is InChI=1S/C22H28IN3O4S/c1-4-20(22(28)24-2)25(15-14-17-8-6-5-7-9-17)21(27)16-26(31(3,29)30)19-12-10-18(23)11-13-19/h5-13,20H,4,14-16H2,1-3H3,(H,24,28). The number of amides is 2. The van der Waals surface area contributed by atoms with E-state index < -0.39 is 22.0 Å². The molecule has 0 saturated heterocycles. The minimum Gasteiger partial charge on any atom is -0.357 e. The maximum Gasteiger partial charge on any atom is 0.244 e. The van der Waals surface area contributed by atoms with Gasteiger partial charge in [-0.05, 0) is 65.3 Å². The zero-order chi connectivity index (χ0) is 23.0. The highest BCUT2D eigenvalue weighted by atomic mass is 127. The maximum absolute atomic E-state index is 13.3. The molecule has 2 rings (SSSR count). The van der Waals surface area contributed by atoms with Crippen LogP contribution in [0.25, 0.3) is 0 Å². The summed E-state index contributed by atoms with van der Waals surface area (Å²) in [6.07, 6.45) is 2.05. The highest BCUT2D eigenvalue weighted by molar-refractivity contribution is 14.1. The number of nitrogens with zero attached hydrogens (tertiary/aromatic N) is 2. The van der Waals surface area contributed by atoms with Crippen molar-refractivity contribution in [1.82, 2.24) is 10.2 Å². The molecule has 2 aromatic rings. The zero-order valence-corrected chi connectivity index (χ0v) is 20.9. The second-order valence-corrected chi connectivity index (χ2v) is 10.3. The molecule has 7 nitrogen and oxygen atoms in total. The molecule has 1 unspecified atom stereocenters. The van der Waals surface area contributed by atoms with E-state index in [1.807, 2.05) is 37.3 Å². The van der Waals surface area contributed by atoms with Gasteiger partial charge in [0.25, 0.3) is 0 Å². The van der Waals surface area contributed by atoms with Crippen LogP contribution in [0.5, 0.6) is 0 Å². The second kappa shape index (κ2) is 11.5. The Bertz CT molecular complexity index is 982. The van der Waals surface area contributed by atoms with Gasteiger partial charge in [0.1, 0.15) is 12.6 Å². The van der Waals surface area contributed by atoms with E-state index in [9.17, 15) is 18.0 Å². The van der Waals surface area contributed by atoms with Crippen molar-refractivity contribution in [1.29, 1.82) is 0 Å². The van der Waals surface area contributed by atoms with Crippen molar-refractivity contribution in [2.75, 3.05) is 30.7 Å². The SMILES string of the molecule is CCC(C(=O)NC)N(CCc1ccccc1)C(=O)CN(c1ccc(I)cc1)S(C)(=O)=O. The Balaban J connectivity index is 2.32. The van der Waals surface area contributed by atoms with Crippen LogP contribution >= 0.6 is 22.6 Å². The molecule has 0 bridgehead atoms. The van der Waals surface area contributed by atoms with Gasteiger partial charge >= 0.3 is 0 Å². The first-order valence-corrected chi connectivity index (χ1v) is 12.9. The fourth-order valence-electron chi connectivity index (χ4n) is 3.28. The van der Waals surface area contributed by atoms with E-state index in [4.69, 9.17) is 0 Å². The lowest BCUT2D eigenvalue weighted by atomic mass is 10.1. The Hall–Kier alpha value is -2.14. The summed E-state index contributed by atoms with van der Waals surface area (Å²) in [5, 5.41) is 2.61. The lowest BCUT2D eigenvalue weighted by Crippen LogP contribution is -2.52. The molecular formula is C22H28IN3O4S. The van der Waals surface area contributed by atoms with Crippen LogP contribution in [-0.2, 0) is 26.0 Å². The first kappa shape index (κ1) is 25.1. The van der Waals surface area contributed by atoms with Crippen LogP contribution in [-0.4, -0.2) is 57.6 Å². The summed E-state index contributed by atoms with van der Waals surface area (Å²) in [5.74, 6) is -0.695. The number of benzene rings is 2. The van der Waals surface area contributed by atoms with Gasteiger partial charge in [0, 0.05) is 17.2 Å². The molecule has 0 aliphatic carbocycles. The van der Waals surface area contributed by atoms with Gasteiger partial charge in [0.2, 0.25) is 21.8 Å². The molecule has 2 amide bonds. The van der Waals surface area contributed by atoms with Crippen molar-refractivity contribution >= 4 is 50.1 Å². The molecule has 0 aliphatic heterocycles. The average molecular weight is 557 g/mol. The third kappa shape index (κ3) is 7.20. The third-order valence-electron chi connectivity index (χ3n) is 4.91. The zero-order valence-electron chi connectivity index (χ0n) is 17.9. The molecule has 1 atom stereocenters. The fourth-order valence-corrected chi connectivity index (χ4v) is 4.49. The lowest BCUT2D eigenvalue weighted by Gasteiger charge is -2.32. The Morgan fingerprint density at radius 3 is 2.19 bits per heavy atom. The Morgan fingerprint density at radius 2 is 1.68 bits per heavy atom. The summed E-state index contributed by atoms with van der Waals surface area (Å²) >= 11 is 2.13. The number of sulfonamides is 1. The predicted molar refractivity (Wildman–Crippen MR) is 131 cm³/mol. The van der Waals surface area contributed by atoms with Gasteiger partial charge in [0.05, 0.1) is 11.9 Å². The molecule has 0 aromatic heterocycles. The molecule has 0 aliphatic rings. The summed E-state index contributed by atoms with van der Waals surface area (Å²) in [7, 11) is -2.17. The fraction of sp³-hybridized carbons (Fsp3) is 0.364. The molecular weight excluding hydrogens is 529 g/mol. The topological polar surface area (TPSA) is 86.8 Å². The van der Waals surface area contributed by atoms with Gasteiger partial charge in [0.15, 0.2) is 0 Å². The highest BCUT2D eigenvalue weighted by Gasteiger charge is 2.30. The molecule has 0 fully saturated rings. The molecule has 0 heterocycles. The number of rotatable bonds is 10. The number of hydrogen-bond acceptors (Lipinski definition) is 4. The second-order valence-electron chi connectivity index (χ2n) is 7.11. The van der Waals surface area contributed by atoms with Crippen LogP contribution in [0.15, 0.2) is 54.6 Å². The minimum atomic E-state index is -3.70. The molecule has 0 spiro atoms. The van der Waals surface area contributed by atoms with Gasteiger partial charge < -0.3 is 10.2 Å². The molecule has 0 radical (unpaired) electrons. The summed E-state index contributed by atoms with van der Waals surface area (Å²) in [4.78, 5) is 27.3. The Morgan fingerprint density at radius 1 is 1.06 bits per heavy atom. The molecule has 31 heavy (non-hydrogen) atoms. The van der Waals surface area contributed by atoms with E-state index in [1.165, 1.54) is 11.9 Å². The number of anilines is 1. The summed E-state index contributed by atoms with van der Waals surface area (Å²) < 4.78 is 27.0. The number of hydrogen-bond donors (Lipinski definition) is 1. The first-order valence-electron chi connectivity index (χ1n) is 9.95. The summed E-state index contributed by atoms with van der Waals surface area (Å²) in [6, 6.07) is 15.9. The van der Waals surface area contributed by atoms with Crippen molar-refractivity contribution in [3.8, 4) is 0 Å². The van der Waals surface area contributed by atoms with Crippen molar-refractivity contribution in [3.05, 3.63) is 63.7 Å². The number of carbonyl (C=O) groups is 2. The molecule has 1 N–H and O–H groups in total. The Labute approximate surface area is 198 Å². The van der Waals surface area contributed by atoms with Crippen LogP contribution < -0.4 is 9.62 Å². The predicted octanol–water partition coefficient (Wildman–Crippen LogP) is 2.65. The number of likely N-dealkylation sites (N-methyl/N-ethyl adjacent to an activating group) is 1. The van der Waals surface area contributed by atoms with Gasteiger partial charge in [-0.2, -0.15) is 0 Å². The monoisotopic (exact) mass is 557 g/mol. The van der Waals surface area contributed by atoms with Crippen LogP contribution in [0.3, 0.4) is 0 Å². The van der Waals surface area contributed by atoms with Crippen molar-refractivity contribution in [2.45, 2.75) is 25.8 Å². The highest BCUT2D eigenvalue weighted by Crippen LogP contribution is 2.20. The molecule has 0 saturated carbocycles. The number of carbonyl (C=O) groups excluding carboxylic acids is 2. The van der Waals surface area contributed by atoms with E-state index in [2.05, 4.69) is 27.9 Å². The third-order valence-corrected chi connectivity index (χ3v) is 6.77. The van der Waals surface area contributed by atoms with Crippen molar-refractivity contribution in [3.63, 3.8) is 0 Å². The van der Waals surface area contributed by atoms with Gasteiger partial charge in [-0.15, -0.1) is 0 Å². The van der Waals surface area contributed by atoms with Crippen LogP contribution in [0.1, 0.15) is 18.9 Å². The normalized spacial score (nSPS) is 12.1. The molecule has 2 aromatic carbocycles. The van der Waals surface area contributed by atoms with E-state index in [0.29, 0.717) is 25.1 Å². The van der Waals surface area contributed by atoms with Gasteiger partial charge in [-0.3, -0.25) is 13.9 Å². The van der Waals surface area contributed by atoms with Gasteiger partial charge in [-0.1, -0.05) is 37.3 Å². The average Bonchev–Trinajstić information content (AvgIpc) is 2.75. The van der Waals surface area contributed by atoms with E-state index in [0.717, 1.165) is 19.7 Å². The van der Waals surface area contributed by atoms with Crippen LogP contribution in [0, 0.1) is 3.57 Å². The van der Waals surface area contributed by atoms with E-state index in [1.54, 1.807) is 24.3 Å². The summed E-state index contributed by atoms with van der Waals surface area (Å²) in [5.41, 5.74) is 1.44. The van der Waals surface area contributed by atoms with E-state index >= 15 is 0 Å². The lowest BCUT2D eigenvalue weighted by molar-refractivity contribution is -0.139. The van der Waals surface area contributed by atoms with Crippen LogP contribution in [0.4, 0.5) is 5.69 Å². The van der Waals surface area contributed by atoms with Crippen LogP contribution in [0.2, 0.25) is 0 Å². The Kier molecular flexibility index (Phi) is 9.30. The van der Waals surface area contributed by atoms with Gasteiger partial charge in [-0.25, -0.2) is 8.42 Å². The summed E-state index contributed by atoms with van der Waals surface area (Å²) in [6.45, 7) is 1.76. The molecule has 9 heteroatoms. The van der Waals surface area contributed by atoms with E-state index in [-0.39, 0.29) is 12.5 Å². The number of nitrogens with one attached hydrogen (secondary N) is 1. The van der Waals surface area contributed by atoms with Crippen molar-refractivity contribution in [2.24, 2.45) is 0 Å². The number of halogens is 1. The minimum absolute atomic E-state index is 0.274. The first-order chi connectivity index (χ1) is 14.7. The maximum atomic E-state index is 13.3.